The fourth-order valence-electron chi connectivity index (χ4n) is 4.32. The molecule has 41 heavy (non-hydrogen) atoms. The van der Waals surface area contributed by atoms with E-state index in [2.05, 4.69) is 32.2 Å². The number of carbonyl (C=O) groups is 2. The molecule has 0 saturated heterocycles. The third-order valence-corrected chi connectivity index (χ3v) is 6.63. The minimum atomic E-state index is -1.12. The summed E-state index contributed by atoms with van der Waals surface area (Å²) in [4.78, 5) is 34.1. The van der Waals surface area contributed by atoms with Crippen molar-refractivity contribution >= 4 is 23.5 Å². The van der Waals surface area contributed by atoms with Crippen molar-refractivity contribution in [3.8, 4) is 22.5 Å². The molecule has 216 valence electrons. The summed E-state index contributed by atoms with van der Waals surface area (Å²) < 4.78 is 1.66. The lowest BCUT2D eigenvalue weighted by Crippen LogP contribution is -2.16. The van der Waals surface area contributed by atoms with E-state index in [1.54, 1.807) is 4.57 Å². The van der Waals surface area contributed by atoms with Crippen LogP contribution in [-0.2, 0) is 17.8 Å². The van der Waals surface area contributed by atoms with Gasteiger partial charge in [-0.1, -0.05) is 78.3 Å². The fourth-order valence-corrected chi connectivity index (χ4v) is 4.60. The first kappa shape index (κ1) is 30.0. The Hall–Kier alpha value is -4.01. The van der Waals surface area contributed by atoms with Gasteiger partial charge in [-0.2, -0.15) is 0 Å². The Bertz CT molecular complexity index is 1490. The molecule has 0 aliphatic rings. The van der Waals surface area contributed by atoms with Gasteiger partial charge >= 0.3 is 5.97 Å². The van der Waals surface area contributed by atoms with Crippen LogP contribution in [0, 0.1) is 0 Å². The zero-order chi connectivity index (χ0) is 29.4. The van der Waals surface area contributed by atoms with Gasteiger partial charge in [-0.05, 0) is 41.2 Å². The number of tetrazole rings is 1. The molecule has 2 aromatic heterocycles. The van der Waals surface area contributed by atoms with Crippen molar-refractivity contribution in [3.63, 3.8) is 0 Å². The molecule has 0 saturated carbocycles. The van der Waals surface area contributed by atoms with Crippen molar-refractivity contribution in [3.05, 3.63) is 70.8 Å². The molecule has 2 aromatic carbocycles. The number of aryl methyl sites for hydroxylation is 1. The summed E-state index contributed by atoms with van der Waals surface area (Å²) in [5.41, 5.74) is 3.26. The van der Waals surface area contributed by atoms with Gasteiger partial charge in [0.1, 0.15) is 5.82 Å². The number of carboxylic acids is 1. The van der Waals surface area contributed by atoms with Crippen LogP contribution in [0.2, 0.25) is 5.15 Å². The third kappa shape index (κ3) is 7.60. The van der Waals surface area contributed by atoms with Crippen LogP contribution in [-0.4, -0.2) is 69.2 Å². The molecule has 0 aliphatic heterocycles. The second kappa shape index (κ2) is 14.1. The molecular formula is C27H30ClN7O6. The average molecular weight is 584 g/mol. The number of imidazole rings is 1. The minimum absolute atomic E-state index is 0.0121. The highest BCUT2D eigenvalue weighted by atomic mass is 35.5. The van der Waals surface area contributed by atoms with Gasteiger partial charge in [0.2, 0.25) is 5.82 Å². The summed E-state index contributed by atoms with van der Waals surface area (Å²) in [7, 11) is 0. The molecule has 0 aliphatic carbocycles. The van der Waals surface area contributed by atoms with Crippen LogP contribution in [0.4, 0.5) is 0 Å². The summed E-state index contributed by atoms with van der Waals surface area (Å²) in [6.45, 7) is 2.41. The molecule has 4 aromatic rings. The molecule has 3 N–H and O–H groups in total. The van der Waals surface area contributed by atoms with Crippen LogP contribution in [0.15, 0.2) is 48.5 Å². The van der Waals surface area contributed by atoms with Gasteiger partial charge in [-0.15, -0.1) is 10.2 Å². The first-order chi connectivity index (χ1) is 19.8. The number of nitrogens with zero attached hydrogens (tertiary/aromatic N) is 7. The van der Waals surface area contributed by atoms with Crippen molar-refractivity contribution in [1.82, 2.24) is 35.1 Å². The zero-order valence-electron chi connectivity index (χ0n) is 22.4. The van der Waals surface area contributed by atoms with Gasteiger partial charge in [-0.3, -0.25) is 20.0 Å². The highest BCUT2D eigenvalue weighted by molar-refractivity contribution is 6.32. The van der Waals surface area contributed by atoms with Crippen LogP contribution < -0.4 is 0 Å². The van der Waals surface area contributed by atoms with E-state index in [1.807, 2.05) is 48.5 Å². The van der Waals surface area contributed by atoms with Gasteiger partial charge in [-0.25, -0.2) is 9.78 Å². The highest BCUT2D eigenvalue weighted by Gasteiger charge is 2.22. The Morgan fingerprint density at radius 3 is 2.44 bits per heavy atom. The molecule has 0 bridgehead atoms. The topological polar surface area (TPSA) is 169 Å². The predicted octanol–water partition coefficient (Wildman–Crippen LogP) is 4.77. The lowest BCUT2D eigenvalue weighted by Gasteiger charge is -2.12. The number of carboxylic acid groups (broad SMARTS) is 1. The molecule has 2 heterocycles. The van der Waals surface area contributed by atoms with Gasteiger partial charge in [0.15, 0.2) is 10.8 Å². The number of hydrogen-bond acceptors (Lipinski definition) is 10. The van der Waals surface area contributed by atoms with Crippen LogP contribution in [0.5, 0.6) is 0 Å². The smallest absolute Gasteiger partial charge is 0.355 e. The summed E-state index contributed by atoms with van der Waals surface area (Å²) in [6.07, 6.45) is 3.44. The molecule has 4 rings (SSSR count). The second-order valence-corrected chi connectivity index (χ2v) is 9.60. The normalized spacial score (nSPS) is 11.3. The standard InChI is InChI=1S/C27H30ClN7O6/c1-2-3-10-22-29-25(28)24(27(37)38)33(22)17-18-12-14-19(15-13-18)20-8-4-5-9-21(20)26-30-32-34(31-26)23(36)11-6-7-16-41-35(39)40/h4-5,8-9,12-15,39-40H,2-3,6-7,10-11,16-17H2,1H3,(H,37,38). The Labute approximate surface area is 240 Å². The summed E-state index contributed by atoms with van der Waals surface area (Å²) in [6, 6.07) is 15.2. The third-order valence-electron chi connectivity index (χ3n) is 6.36. The monoisotopic (exact) mass is 583 g/mol. The van der Waals surface area contributed by atoms with Gasteiger partial charge in [0, 0.05) is 24.9 Å². The largest absolute Gasteiger partial charge is 0.476 e. The lowest BCUT2D eigenvalue weighted by atomic mass is 9.98. The Morgan fingerprint density at radius 2 is 1.76 bits per heavy atom. The van der Waals surface area contributed by atoms with Crippen molar-refractivity contribution < 1.29 is 29.9 Å². The number of unbranched alkanes of at least 4 members (excludes halogenated alkanes) is 2. The van der Waals surface area contributed by atoms with E-state index in [4.69, 9.17) is 22.0 Å². The number of hydrogen-bond donors (Lipinski definition) is 3. The lowest BCUT2D eigenvalue weighted by molar-refractivity contribution is -0.492. The van der Waals surface area contributed by atoms with Crippen LogP contribution >= 0.6 is 11.6 Å². The van der Waals surface area contributed by atoms with Crippen LogP contribution in [0.1, 0.15) is 65.7 Å². The van der Waals surface area contributed by atoms with Gasteiger partial charge in [0.05, 0.1) is 12.0 Å². The second-order valence-electron chi connectivity index (χ2n) is 9.24. The van der Waals surface area contributed by atoms with E-state index >= 15 is 0 Å². The Morgan fingerprint density at radius 1 is 1.02 bits per heavy atom. The van der Waals surface area contributed by atoms with Crippen LogP contribution in [0.3, 0.4) is 0 Å². The number of aromatic nitrogens is 6. The van der Waals surface area contributed by atoms with E-state index < -0.39 is 5.97 Å². The van der Waals surface area contributed by atoms with Crippen molar-refractivity contribution in [2.24, 2.45) is 0 Å². The minimum Gasteiger partial charge on any atom is -0.476 e. The molecule has 13 nitrogen and oxygen atoms in total. The predicted molar refractivity (Wildman–Crippen MR) is 146 cm³/mol. The molecule has 0 unspecified atom stereocenters. The molecule has 0 amide bonds. The summed E-state index contributed by atoms with van der Waals surface area (Å²) in [5, 5.41) is 38.7. The number of aromatic carboxylic acids is 1. The Kier molecular flexibility index (Phi) is 10.3. The van der Waals surface area contributed by atoms with Gasteiger partial charge in [0.25, 0.3) is 5.91 Å². The van der Waals surface area contributed by atoms with Crippen molar-refractivity contribution in [2.45, 2.75) is 52.0 Å². The number of benzene rings is 2. The maximum Gasteiger partial charge on any atom is 0.355 e. The zero-order valence-corrected chi connectivity index (χ0v) is 23.1. The maximum absolute atomic E-state index is 12.5. The molecule has 0 spiro atoms. The van der Waals surface area contributed by atoms with E-state index in [-0.39, 0.29) is 41.0 Å². The quantitative estimate of drug-likeness (QED) is 0.138. The fraction of sp³-hybridized carbons (Fsp3) is 0.333. The number of rotatable bonds is 14. The molecule has 14 heteroatoms. The van der Waals surface area contributed by atoms with Crippen LogP contribution in [0.25, 0.3) is 22.5 Å². The van der Waals surface area contributed by atoms with Gasteiger partial charge < -0.3 is 9.67 Å². The molecule has 0 fully saturated rings. The first-order valence-electron chi connectivity index (χ1n) is 13.1. The first-order valence-corrected chi connectivity index (χ1v) is 13.5. The van der Waals surface area contributed by atoms with E-state index in [0.717, 1.165) is 34.3 Å². The number of halogens is 1. The molecule has 0 atom stereocenters. The van der Waals surface area contributed by atoms with E-state index in [0.29, 0.717) is 37.2 Å². The molecular weight excluding hydrogens is 554 g/mol. The maximum atomic E-state index is 12.5. The highest BCUT2D eigenvalue weighted by Crippen LogP contribution is 2.30. The number of carbonyl (C=O) groups excluding carboxylic acids is 1. The average Bonchev–Trinajstić information content (AvgIpc) is 3.56. The SMILES string of the molecule is CCCCc1nc(Cl)c(C(=O)O)n1Cc1ccc(-c2ccccc2-c2nnn(C(=O)CCCCON(O)O)n2)cc1. The van der Waals surface area contributed by atoms with Crippen molar-refractivity contribution in [1.29, 1.82) is 0 Å². The Balaban J connectivity index is 1.50. The summed E-state index contributed by atoms with van der Waals surface area (Å²) in [5.74, 6) is -0.544. The van der Waals surface area contributed by atoms with E-state index in [1.165, 1.54) is 0 Å². The summed E-state index contributed by atoms with van der Waals surface area (Å²) >= 11 is 6.16. The molecule has 0 radical (unpaired) electrons. The van der Waals surface area contributed by atoms with Crippen molar-refractivity contribution in [2.75, 3.05) is 6.61 Å². The van der Waals surface area contributed by atoms with E-state index in [9.17, 15) is 14.7 Å².